The molecule has 3 aromatic rings. The van der Waals surface area contributed by atoms with Crippen LogP contribution in [-0.4, -0.2) is 56.2 Å². The van der Waals surface area contributed by atoms with E-state index in [0.717, 1.165) is 12.1 Å². The number of ether oxygens (including phenoxy) is 3. The zero-order chi connectivity index (χ0) is 25.0. The maximum atomic E-state index is 12.9. The third-order valence-electron chi connectivity index (χ3n) is 6.35. The van der Waals surface area contributed by atoms with E-state index in [1.807, 2.05) is 0 Å². The lowest BCUT2D eigenvalue weighted by Gasteiger charge is -2.31. The van der Waals surface area contributed by atoms with Crippen molar-refractivity contribution in [2.24, 2.45) is 0 Å². The van der Waals surface area contributed by atoms with Crippen LogP contribution in [0, 0.1) is 0 Å². The van der Waals surface area contributed by atoms with Crippen molar-refractivity contribution in [3.63, 3.8) is 0 Å². The molecular formula is C25H22O10. The fraction of sp³-hybridized carbons (Fsp3) is 0.240. The summed E-state index contributed by atoms with van der Waals surface area (Å²) in [6, 6.07) is 9.44. The first kappa shape index (κ1) is 22.6. The number of hydrogen-bond donors (Lipinski definition) is 6. The number of methoxy groups -OCH3 is 1. The summed E-state index contributed by atoms with van der Waals surface area (Å²) >= 11 is 0. The SMILES string of the molecule is COc1cc([C@@H]2Oc3c(O)ccc([C@H]4Oc5cc(O)cc(O)c5C(=O)[C@@H]4O)c3[C@H]2CO)ccc1O. The Morgan fingerprint density at radius 3 is 2.37 bits per heavy atom. The fourth-order valence-corrected chi connectivity index (χ4v) is 4.72. The summed E-state index contributed by atoms with van der Waals surface area (Å²) in [5.41, 5.74) is 0.890. The molecule has 0 radical (unpaired) electrons. The third kappa shape index (κ3) is 3.46. The van der Waals surface area contributed by atoms with Crippen molar-refractivity contribution in [1.29, 1.82) is 0 Å². The molecule has 2 aliphatic heterocycles. The number of ketones is 1. The molecule has 6 N–H and O–H groups in total. The van der Waals surface area contributed by atoms with Gasteiger partial charge in [0.2, 0.25) is 5.78 Å². The first-order valence-electron chi connectivity index (χ1n) is 10.7. The summed E-state index contributed by atoms with van der Waals surface area (Å²) in [7, 11) is 1.39. The van der Waals surface area contributed by atoms with E-state index in [9.17, 15) is 35.4 Å². The molecule has 2 heterocycles. The number of aliphatic hydroxyl groups excluding tert-OH is 2. The molecule has 0 unspecified atom stereocenters. The van der Waals surface area contributed by atoms with Crippen molar-refractivity contribution in [2.75, 3.05) is 13.7 Å². The number of hydrogen-bond acceptors (Lipinski definition) is 10. The van der Waals surface area contributed by atoms with E-state index in [1.165, 1.54) is 25.3 Å². The van der Waals surface area contributed by atoms with Crippen molar-refractivity contribution in [1.82, 2.24) is 0 Å². The third-order valence-corrected chi connectivity index (χ3v) is 6.35. The zero-order valence-electron chi connectivity index (χ0n) is 18.4. The van der Waals surface area contributed by atoms with Crippen LogP contribution in [-0.2, 0) is 0 Å². The summed E-state index contributed by atoms with van der Waals surface area (Å²) < 4.78 is 17.0. The van der Waals surface area contributed by atoms with Gasteiger partial charge in [-0.25, -0.2) is 0 Å². The topological polar surface area (TPSA) is 166 Å². The van der Waals surface area contributed by atoms with Crippen molar-refractivity contribution in [3.05, 3.63) is 64.7 Å². The Balaban J connectivity index is 1.61. The molecule has 0 bridgehead atoms. The molecule has 10 heteroatoms. The second kappa shape index (κ2) is 8.26. The molecule has 182 valence electrons. The smallest absolute Gasteiger partial charge is 0.202 e. The molecule has 0 aromatic heterocycles. The van der Waals surface area contributed by atoms with Gasteiger partial charge >= 0.3 is 0 Å². The molecule has 2 aliphatic rings. The highest BCUT2D eigenvalue weighted by Gasteiger charge is 2.45. The first-order chi connectivity index (χ1) is 16.7. The van der Waals surface area contributed by atoms with Crippen molar-refractivity contribution in [3.8, 4) is 40.2 Å². The minimum Gasteiger partial charge on any atom is -0.508 e. The van der Waals surface area contributed by atoms with Gasteiger partial charge in [0, 0.05) is 23.3 Å². The van der Waals surface area contributed by atoms with Gasteiger partial charge in [-0.15, -0.1) is 0 Å². The molecule has 0 fully saturated rings. The summed E-state index contributed by atoms with van der Waals surface area (Å²) in [5.74, 6) is -2.61. The minimum absolute atomic E-state index is 0.0476. The average molecular weight is 482 g/mol. The summed E-state index contributed by atoms with van der Waals surface area (Å²) in [5, 5.41) is 61.5. The lowest BCUT2D eigenvalue weighted by Crippen LogP contribution is -2.37. The molecule has 0 saturated carbocycles. The Bertz CT molecular complexity index is 1330. The Morgan fingerprint density at radius 1 is 0.914 bits per heavy atom. The van der Waals surface area contributed by atoms with Crippen LogP contribution >= 0.6 is 0 Å². The van der Waals surface area contributed by atoms with E-state index in [1.54, 1.807) is 12.1 Å². The lowest BCUT2D eigenvalue weighted by atomic mass is 9.84. The number of phenolic OH excluding ortho intramolecular Hbond substituents is 4. The number of rotatable bonds is 4. The largest absolute Gasteiger partial charge is 0.508 e. The molecule has 10 nitrogen and oxygen atoms in total. The van der Waals surface area contributed by atoms with Gasteiger partial charge in [-0.1, -0.05) is 12.1 Å². The normalized spacial score (nSPS) is 22.7. The molecule has 4 atom stereocenters. The first-order valence-corrected chi connectivity index (χ1v) is 10.7. The predicted octanol–water partition coefficient (Wildman–Crippen LogP) is 2.40. The minimum atomic E-state index is -1.72. The average Bonchev–Trinajstić information content (AvgIpc) is 3.22. The lowest BCUT2D eigenvalue weighted by molar-refractivity contribution is 0.0206. The standard InChI is InChI=1S/C25H22O10/c1-33-17-6-10(2-4-14(17)28)23-13(9-26)19-12(3-5-15(29)25(19)35-23)24-22(32)21(31)20-16(30)7-11(27)8-18(20)34-24/h2-8,13,22-24,26-30,32H,9H2,1H3/t13-,22+,23+,24-/m1/s1. The van der Waals surface area contributed by atoms with Gasteiger partial charge in [0.05, 0.1) is 19.6 Å². The van der Waals surface area contributed by atoms with Crippen LogP contribution in [0.2, 0.25) is 0 Å². The predicted molar refractivity (Wildman–Crippen MR) is 119 cm³/mol. The molecule has 35 heavy (non-hydrogen) atoms. The number of carbonyl (C=O) groups is 1. The van der Waals surface area contributed by atoms with E-state index in [0.29, 0.717) is 11.1 Å². The van der Waals surface area contributed by atoms with E-state index in [4.69, 9.17) is 14.2 Å². The van der Waals surface area contributed by atoms with Gasteiger partial charge in [-0.3, -0.25) is 4.79 Å². The monoisotopic (exact) mass is 482 g/mol. The van der Waals surface area contributed by atoms with Crippen LogP contribution in [0.3, 0.4) is 0 Å². The number of fused-ring (bicyclic) bond motifs is 2. The van der Waals surface area contributed by atoms with Gasteiger partial charge in [0.25, 0.3) is 0 Å². The highest BCUT2D eigenvalue weighted by molar-refractivity contribution is 6.05. The zero-order valence-corrected chi connectivity index (χ0v) is 18.4. The van der Waals surface area contributed by atoms with Crippen molar-refractivity contribution >= 4 is 5.78 Å². The van der Waals surface area contributed by atoms with E-state index >= 15 is 0 Å². The van der Waals surface area contributed by atoms with Crippen LogP contribution < -0.4 is 14.2 Å². The molecule has 0 aliphatic carbocycles. The second-order valence-electron chi connectivity index (χ2n) is 8.36. The van der Waals surface area contributed by atoms with E-state index in [-0.39, 0.29) is 45.6 Å². The Hall–Kier alpha value is -4.15. The quantitative estimate of drug-likeness (QED) is 0.325. The van der Waals surface area contributed by atoms with E-state index in [2.05, 4.69) is 0 Å². The fourth-order valence-electron chi connectivity index (χ4n) is 4.72. The Kier molecular flexibility index (Phi) is 5.34. The Morgan fingerprint density at radius 2 is 1.66 bits per heavy atom. The van der Waals surface area contributed by atoms with Gasteiger partial charge in [-0.2, -0.15) is 0 Å². The highest BCUT2D eigenvalue weighted by atomic mass is 16.5. The van der Waals surface area contributed by atoms with Crippen LogP contribution in [0.4, 0.5) is 0 Å². The summed E-state index contributed by atoms with van der Waals surface area (Å²) in [6.45, 7) is -0.424. The van der Waals surface area contributed by atoms with Gasteiger partial charge in [-0.05, 0) is 23.8 Å². The van der Waals surface area contributed by atoms with E-state index < -0.39 is 42.4 Å². The van der Waals surface area contributed by atoms with Gasteiger partial charge < -0.3 is 44.8 Å². The number of phenols is 4. The summed E-state index contributed by atoms with van der Waals surface area (Å²) in [4.78, 5) is 12.9. The van der Waals surface area contributed by atoms with Crippen molar-refractivity contribution < 1.29 is 49.6 Å². The molecule has 0 amide bonds. The molecule has 0 saturated heterocycles. The van der Waals surface area contributed by atoms with Crippen LogP contribution in [0.1, 0.15) is 45.2 Å². The molecular weight excluding hydrogens is 460 g/mol. The van der Waals surface area contributed by atoms with Crippen molar-refractivity contribution in [2.45, 2.75) is 24.2 Å². The number of aliphatic hydroxyl groups is 2. The number of aromatic hydroxyl groups is 4. The Labute approximate surface area is 198 Å². The highest BCUT2D eigenvalue weighted by Crippen LogP contribution is 2.54. The summed E-state index contributed by atoms with van der Waals surface area (Å²) in [6.07, 6.45) is -3.80. The maximum absolute atomic E-state index is 12.9. The second-order valence-corrected chi connectivity index (χ2v) is 8.36. The molecule has 5 rings (SSSR count). The molecule has 3 aromatic carbocycles. The van der Waals surface area contributed by atoms with Gasteiger partial charge in [0.1, 0.15) is 28.9 Å². The van der Waals surface area contributed by atoms with Gasteiger partial charge in [0.15, 0.2) is 35.2 Å². The number of carbonyl (C=O) groups excluding carboxylic acids is 1. The van der Waals surface area contributed by atoms with Crippen LogP contribution in [0.5, 0.6) is 40.2 Å². The maximum Gasteiger partial charge on any atom is 0.202 e. The van der Waals surface area contributed by atoms with Crippen LogP contribution in [0.25, 0.3) is 0 Å². The molecule has 0 spiro atoms. The van der Waals surface area contributed by atoms with Crippen LogP contribution in [0.15, 0.2) is 42.5 Å². The number of benzene rings is 3. The number of Topliss-reactive ketones (excluding diaryl/α,β-unsaturated/α-hetero) is 1.